The van der Waals surface area contributed by atoms with E-state index in [2.05, 4.69) is 13.5 Å². The third-order valence-electron chi connectivity index (χ3n) is 10.2. The van der Waals surface area contributed by atoms with Crippen molar-refractivity contribution in [1.29, 1.82) is 0 Å². The summed E-state index contributed by atoms with van der Waals surface area (Å²) < 4.78 is 11.2. The minimum absolute atomic E-state index is 0.223. The van der Waals surface area contributed by atoms with E-state index in [-0.39, 0.29) is 17.8 Å². The summed E-state index contributed by atoms with van der Waals surface area (Å²) in [6, 6.07) is 0. The van der Waals surface area contributed by atoms with Crippen molar-refractivity contribution >= 4 is 11.9 Å². The molecular weight excluding hydrogens is 408 g/mol. The van der Waals surface area contributed by atoms with Gasteiger partial charge >= 0.3 is 11.9 Å². The van der Waals surface area contributed by atoms with Crippen LogP contribution in [0.5, 0.6) is 0 Å². The zero-order valence-electron chi connectivity index (χ0n) is 20.1. The van der Waals surface area contributed by atoms with Gasteiger partial charge in [0.2, 0.25) is 0 Å². The van der Waals surface area contributed by atoms with Gasteiger partial charge in [0.15, 0.2) is 0 Å². The minimum Gasteiger partial charge on any atom is -0.469 e. The molecule has 32 heavy (non-hydrogen) atoms. The van der Waals surface area contributed by atoms with Crippen LogP contribution in [0.3, 0.4) is 0 Å². The third-order valence-corrected chi connectivity index (χ3v) is 10.2. The van der Waals surface area contributed by atoms with Gasteiger partial charge in [-0.15, -0.1) is 0 Å². The van der Waals surface area contributed by atoms with Crippen molar-refractivity contribution in [2.45, 2.75) is 90.4 Å². The van der Waals surface area contributed by atoms with E-state index in [1.54, 1.807) is 26.8 Å². The number of carbonyl (C=O) groups excluding carboxylic acids is 2. The second-order valence-electron chi connectivity index (χ2n) is 11.1. The lowest BCUT2D eigenvalue weighted by atomic mass is 9.38. The molecule has 0 heterocycles. The fraction of sp³-hybridized carbons (Fsp3) is 0.769. The smallest absolute Gasteiger partial charge is 0.333 e. The Hall–Kier alpha value is -1.66. The molecular formula is C26H38O6. The second kappa shape index (κ2) is 7.42. The number of rotatable bonds is 3. The Morgan fingerprint density at radius 1 is 1.16 bits per heavy atom. The number of aliphatic hydroxyl groups is 2. The third kappa shape index (κ3) is 2.65. The van der Waals surface area contributed by atoms with E-state index in [1.165, 1.54) is 7.11 Å². The van der Waals surface area contributed by atoms with Gasteiger partial charge in [-0.05, 0) is 83.1 Å². The van der Waals surface area contributed by atoms with Crippen molar-refractivity contribution in [3.05, 3.63) is 23.8 Å². The van der Waals surface area contributed by atoms with E-state index < -0.39 is 40.0 Å². The van der Waals surface area contributed by atoms with Crippen LogP contribution >= 0.6 is 0 Å². The van der Waals surface area contributed by atoms with Crippen LogP contribution in [0.15, 0.2) is 23.8 Å². The maximum absolute atomic E-state index is 12.9. The van der Waals surface area contributed by atoms with Gasteiger partial charge in [-0.25, -0.2) is 4.79 Å². The molecule has 4 rings (SSSR count). The predicted octanol–water partition coefficient (Wildman–Crippen LogP) is 3.70. The maximum Gasteiger partial charge on any atom is 0.333 e. The molecule has 4 fully saturated rings. The number of carbonyl (C=O) groups is 2. The Bertz CT molecular complexity index is 878. The highest BCUT2D eigenvalue weighted by atomic mass is 16.5. The number of methoxy groups -OCH3 is 1. The summed E-state index contributed by atoms with van der Waals surface area (Å²) in [5.74, 6) is -0.800. The van der Waals surface area contributed by atoms with Crippen LogP contribution in [-0.2, 0) is 19.1 Å². The molecule has 4 aliphatic rings. The Morgan fingerprint density at radius 2 is 1.84 bits per heavy atom. The largest absolute Gasteiger partial charge is 0.469 e. The van der Waals surface area contributed by atoms with Gasteiger partial charge in [-0.1, -0.05) is 19.6 Å². The molecule has 2 bridgehead atoms. The lowest BCUT2D eigenvalue weighted by Gasteiger charge is -2.68. The number of aliphatic hydroxyl groups excluding tert-OH is 1. The van der Waals surface area contributed by atoms with E-state index in [1.807, 2.05) is 0 Å². The number of hydrogen-bond donors (Lipinski definition) is 2. The van der Waals surface area contributed by atoms with Crippen LogP contribution in [-0.4, -0.2) is 47.1 Å². The van der Waals surface area contributed by atoms with Crippen LogP contribution < -0.4 is 0 Å². The summed E-state index contributed by atoms with van der Waals surface area (Å²) in [6.45, 7) is 11.7. The molecule has 0 aliphatic heterocycles. The Kier molecular flexibility index (Phi) is 5.45. The molecule has 4 aliphatic carbocycles. The average molecular weight is 447 g/mol. The minimum atomic E-state index is -1.14. The Labute approximate surface area is 191 Å². The van der Waals surface area contributed by atoms with Gasteiger partial charge in [0.05, 0.1) is 24.2 Å². The van der Waals surface area contributed by atoms with E-state index >= 15 is 0 Å². The van der Waals surface area contributed by atoms with Gasteiger partial charge in [0.1, 0.15) is 6.10 Å². The van der Waals surface area contributed by atoms with Crippen molar-refractivity contribution < 1.29 is 29.3 Å². The van der Waals surface area contributed by atoms with Gasteiger partial charge in [0.25, 0.3) is 0 Å². The summed E-state index contributed by atoms with van der Waals surface area (Å²) in [6.07, 6.45) is 4.78. The molecule has 6 heteroatoms. The lowest BCUT2D eigenvalue weighted by Crippen LogP contribution is -2.72. The topological polar surface area (TPSA) is 93.1 Å². The van der Waals surface area contributed by atoms with E-state index in [0.717, 1.165) is 18.4 Å². The molecule has 0 aromatic rings. The molecule has 2 N–H and O–H groups in total. The Morgan fingerprint density at radius 3 is 2.47 bits per heavy atom. The van der Waals surface area contributed by atoms with Crippen LogP contribution in [0, 0.1) is 28.1 Å². The second-order valence-corrected chi connectivity index (χ2v) is 11.1. The van der Waals surface area contributed by atoms with Crippen LogP contribution in [0.4, 0.5) is 0 Å². The zero-order chi connectivity index (χ0) is 23.7. The van der Waals surface area contributed by atoms with E-state index in [9.17, 15) is 19.8 Å². The molecule has 0 saturated heterocycles. The monoisotopic (exact) mass is 446 g/mol. The number of hydrogen-bond acceptors (Lipinski definition) is 6. The summed E-state index contributed by atoms with van der Waals surface area (Å²) in [4.78, 5) is 25.7. The first-order valence-corrected chi connectivity index (χ1v) is 11.9. The normalized spacial score (nSPS) is 48.0. The van der Waals surface area contributed by atoms with Crippen LogP contribution in [0.25, 0.3) is 0 Å². The van der Waals surface area contributed by atoms with Gasteiger partial charge in [-0.3, -0.25) is 4.79 Å². The highest BCUT2D eigenvalue weighted by Gasteiger charge is 2.76. The van der Waals surface area contributed by atoms with Gasteiger partial charge in [0, 0.05) is 16.4 Å². The SMILES string of the molecule is C=C1C2CCC3(O)C4(C)CCC(O)C(C)(C(=O)OC)C4CCC3(C2)C1OC(=O)C(C)=CC. The quantitative estimate of drug-likeness (QED) is 0.390. The molecule has 0 aromatic carbocycles. The highest BCUT2D eigenvalue weighted by molar-refractivity contribution is 5.88. The molecule has 0 radical (unpaired) electrons. The molecule has 4 saturated carbocycles. The standard InChI is InChI=1S/C26H38O6/c1-7-15(2)21(28)32-20-16(3)17-8-13-26(30)23(4)11-10-19(27)24(5,22(29)31-6)18(23)9-12-25(20,26)14-17/h7,17-20,27,30H,3,8-14H2,1-2,4-6H3. The number of allylic oxidation sites excluding steroid dienone is 1. The summed E-state index contributed by atoms with van der Waals surface area (Å²) in [7, 11) is 1.36. The summed E-state index contributed by atoms with van der Waals surface area (Å²) in [5.41, 5.74) is -2.02. The molecule has 1 spiro atoms. The lowest BCUT2D eigenvalue weighted by molar-refractivity contribution is -0.289. The van der Waals surface area contributed by atoms with Crippen molar-refractivity contribution in [3.63, 3.8) is 0 Å². The average Bonchev–Trinajstić information content (AvgIpc) is 3.00. The first-order valence-electron chi connectivity index (χ1n) is 11.9. The number of fused-ring (bicyclic) bond motifs is 3. The van der Waals surface area contributed by atoms with Crippen molar-refractivity contribution in [2.75, 3.05) is 7.11 Å². The summed E-state index contributed by atoms with van der Waals surface area (Å²) in [5, 5.41) is 23.5. The van der Waals surface area contributed by atoms with Gasteiger partial charge in [-0.2, -0.15) is 0 Å². The summed E-state index contributed by atoms with van der Waals surface area (Å²) >= 11 is 0. The van der Waals surface area contributed by atoms with Crippen LogP contribution in [0.1, 0.15) is 72.6 Å². The molecule has 0 amide bonds. The number of esters is 2. The molecule has 6 nitrogen and oxygen atoms in total. The fourth-order valence-corrected chi connectivity index (χ4v) is 8.17. The molecule has 8 atom stereocenters. The first kappa shape index (κ1) is 23.5. The molecule has 8 unspecified atom stereocenters. The fourth-order valence-electron chi connectivity index (χ4n) is 8.17. The van der Waals surface area contributed by atoms with Gasteiger partial charge < -0.3 is 19.7 Å². The van der Waals surface area contributed by atoms with E-state index in [0.29, 0.717) is 37.7 Å². The van der Waals surface area contributed by atoms with Crippen molar-refractivity contribution in [3.8, 4) is 0 Å². The maximum atomic E-state index is 12.9. The van der Waals surface area contributed by atoms with Crippen molar-refractivity contribution in [2.24, 2.45) is 28.1 Å². The number of ether oxygens (including phenoxy) is 2. The zero-order valence-corrected chi connectivity index (χ0v) is 20.1. The molecule has 178 valence electrons. The van der Waals surface area contributed by atoms with E-state index in [4.69, 9.17) is 9.47 Å². The predicted molar refractivity (Wildman–Crippen MR) is 119 cm³/mol. The first-order chi connectivity index (χ1) is 14.9. The van der Waals surface area contributed by atoms with Crippen molar-refractivity contribution in [1.82, 2.24) is 0 Å². The van der Waals surface area contributed by atoms with Crippen LogP contribution in [0.2, 0.25) is 0 Å². The molecule has 0 aromatic heterocycles. The Balaban J connectivity index is 1.80. The highest BCUT2D eigenvalue weighted by Crippen LogP contribution is 2.74.